The van der Waals surface area contributed by atoms with E-state index in [1.165, 1.54) is 41.3 Å². The number of carbonyl (C=O) groups excluding carboxylic acids is 2. The number of hydrogen-bond donors (Lipinski definition) is 1. The number of fused-ring (bicyclic) bond motifs is 5. The Kier molecular flexibility index (Phi) is 8.66. The van der Waals surface area contributed by atoms with E-state index in [0.29, 0.717) is 39.2 Å². The molecule has 0 radical (unpaired) electrons. The zero-order valence-electron chi connectivity index (χ0n) is 30.6. The van der Waals surface area contributed by atoms with Gasteiger partial charge in [-0.1, -0.05) is 31.2 Å². The fraction of sp³-hybridized carbons (Fsp3) is 0.385. The first-order valence-corrected chi connectivity index (χ1v) is 17.3. The summed E-state index contributed by atoms with van der Waals surface area (Å²) < 4.78 is 21.4. The van der Waals surface area contributed by atoms with E-state index in [9.17, 15) is 29.1 Å². The van der Waals surface area contributed by atoms with Gasteiger partial charge < -0.3 is 23.9 Å². The minimum Gasteiger partial charge on any atom is -0.504 e. The number of carbonyl (C=O) groups is 2. The predicted molar refractivity (Wildman–Crippen MR) is 196 cm³/mol. The Morgan fingerprint density at radius 3 is 2.34 bits per heavy atom. The number of rotatable bonds is 8. The molecule has 0 amide bonds. The molecule has 7 rings (SSSR count). The lowest BCUT2D eigenvalue weighted by atomic mass is 9.51. The van der Waals surface area contributed by atoms with Crippen LogP contribution in [0.5, 0.6) is 23.0 Å². The number of methoxy groups -OCH3 is 3. The Bertz CT molecular complexity index is 2510. The van der Waals surface area contributed by atoms with Crippen molar-refractivity contribution in [1.82, 2.24) is 23.5 Å². The molecule has 276 valence electrons. The highest BCUT2D eigenvalue weighted by atomic mass is 16.5. The topological polar surface area (TPSA) is 166 Å². The van der Waals surface area contributed by atoms with Crippen molar-refractivity contribution in [3.8, 4) is 23.0 Å². The van der Waals surface area contributed by atoms with Crippen LogP contribution in [-0.4, -0.2) is 61.5 Å². The summed E-state index contributed by atoms with van der Waals surface area (Å²) in [6, 6.07) is 7.52. The highest BCUT2D eigenvalue weighted by molar-refractivity contribution is 6.15. The monoisotopic (exact) mass is 723 g/mol. The van der Waals surface area contributed by atoms with Crippen LogP contribution in [0.2, 0.25) is 0 Å². The van der Waals surface area contributed by atoms with E-state index in [-0.39, 0.29) is 60.2 Å². The molecular formula is C39H41N5O9. The van der Waals surface area contributed by atoms with Gasteiger partial charge in [-0.15, -0.1) is 0 Å². The van der Waals surface area contributed by atoms with Crippen molar-refractivity contribution >= 4 is 28.7 Å². The summed E-state index contributed by atoms with van der Waals surface area (Å²) in [5.41, 5.74) is 0.785. The Morgan fingerprint density at radius 2 is 1.64 bits per heavy atom. The van der Waals surface area contributed by atoms with E-state index in [2.05, 4.69) is 4.98 Å². The maximum Gasteiger partial charge on any atom is 0.347 e. The molecule has 14 nitrogen and oxygen atoms in total. The number of aryl methyl sites for hydroxylation is 2. The van der Waals surface area contributed by atoms with Gasteiger partial charge in [0.1, 0.15) is 5.69 Å². The minimum absolute atomic E-state index is 0.000520. The molecule has 0 bridgehead atoms. The summed E-state index contributed by atoms with van der Waals surface area (Å²) in [6.07, 6.45) is 5.71. The number of ether oxygens (including phenoxy) is 3. The smallest absolute Gasteiger partial charge is 0.347 e. The van der Waals surface area contributed by atoms with Gasteiger partial charge in [-0.2, -0.15) is 0 Å². The third-order valence-corrected chi connectivity index (χ3v) is 11.5. The van der Waals surface area contributed by atoms with Crippen LogP contribution in [-0.2, 0) is 36.1 Å². The predicted octanol–water partition coefficient (Wildman–Crippen LogP) is 3.36. The lowest BCUT2D eigenvalue weighted by molar-refractivity contribution is -0.141. The second-order valence-electron chi connectivity index (χ2n) is 14.0. The van der Waals surface area contributed by atoms with Crippen LogP contribution in [0, 0.1) is 17.3 Å². The summed E-state index contributed by atoms with van der Waals surface area (Å²) >= 11 is 0. The van der Waals surface area contributed by atoms with E-state index in [4.69, 9.17) is 14.2 Å². The van der Waals surface area contributed by atoms with Gasteiger partial charge in [-0.3, -0.25) is 14.4 Å². The van der Waals surface area contributed by atoms with Gasteiger partial charge in [0.25, 0.3) is 5.56 Å². The van der Waals surface area contributed by atoms with E-state index in [0.717, 1.165) is 10.1 Å². The summed E-state index contributed by atoms with van der Waals surface area (Å²) in [4.78, 5) is 74.2. The molecule has 0 unspecified atom stereocenters. The zero-order valence-corrected chi connectivity index (χ0v) is 30.6. The van der Waals surface area contributed by atoms with Crippen molar-refractivity contribution in [3.63, 3.8) is 0 Å². The number of benzene rings is 2. The average Bonchev–Trinajstić information content (AvgIpc) is 3.41. The molecule has 0 spiro atoms. The van der Waals surface area contributed by atoms with Gasteiger partial charge in [-0.25, -0.2) is 28.5 Å². The Morgan fingerprint density at radius 1 is 0.943 bits per heavy atom. The first kappa shape index (κ1) is 35.5. The second-order valence-corrected chi connectivity index (χ2v) is 14.0. The largest absolute Gasteiger partial charge is 0.504 e. The molecule has 1 saturated carbocycles. The standard InChI is InChI=1S/C39H41N5O9/c1-20-21(2)35(47)39(3)24(10-8-22-9-11-30(45)31(16-22)51-5)23-12-15-43-37(49)42(38(50)44(43)28(23)17-25(39)34(20)46)14-13-26-36(48)41(4)29-19-33(53-7)32(52-6)18-27(29)40-26/h8-12,16,18-19,24-25,28,45H,13-15,17H2,1-7H3/t24-,25-,28+,39-/m0/s1. The van der Waals surface area contributed by atoms with Crippen LogP contribution in [0.3, 0.4) is 0 Å². The fourth-order valence-corrected chi connectivity index (χ4v) is 8.38. The van der Waals surface area contributed by atoms with Crippen molar-refractivity contribution in [3.05, 3.63) is 102 Å². The Hall–Kier alpha value is -5.92. The van der Waals surface area contributed by atoms with Crippen LogP contribution in [0.25, 0.3) is 17.1 Å². The molecule has 2 aromatic heterocycles. The summed E-state index contributed by atoms with van der Waals surface area (Å²) in [6.45, 7) is 5.11. The number of Topliss-reactive ketones (excluding diaryl/α,β-unsaturated/α-hetero) is 2. The molecule has 4 aromatic rings. The van der Waals surface area contributed by atoms with Crippen LogP contribution < -0.4 is 31.1 Å². The van der Waals surface area contributed by atoms with Crippen molar-refractivity contribution in [2.24, 2.45) is 24.3 Å². The maximum atomic E-state index is 14.2. The third kappa shape index (κ3) is 5.29. The van der Waals surface area contributed by atoms with Crippen LogP contribution >= 0.6 is 0 Å². The van der Waals surface area contributed by atoms with E-state index in [1.54, 1.807) is 45.2 Å². The normalized spacial score (nSPS) is 22.5. The Balaban J connectivity index is 1.28. The van der Waals surface area contributed by atoms with Gasteiger partial charge in [-0.05, 0) is 54.7 Å². The van der Waals surface area contributed by atoms with Crippen LogP contribution in [0.4, 0.5) is 0 Å². The highest BCUT2D eigenvalue weighted by Gasteiger charge is 2.59. The molecule has 14 heteroatoms. The number of aromatic hydroxyl groups is 1. The second kappa shape index (κ2) is 12.9. The number of aromatic nitrogens is 5. The van der Waals surface area contributed by atoms with Crippen molar-refractivity contribution < 1.29 is 28.9 Å². The molecule has 53 heavy (non-hydrogen) atoms. The quantitative estimate of drug-likeness (QED) is 0.267. The van der Waals surface area contributed by atoms with E-state index >= 15 is 0 Å². The van der Waals surface area contributed by atoms with Gasteiger partial charge >= 0.3 is 11.4 Å². The fourth-order valence-electron chi connectivity index (χ4n) is 8.38. The molecule has 0 saturated heterocycles. The molecule has 2 aromatic carbocycles. The number of phenolic OH excluding ortho intramolecular Hbond substituents is 1. The number of allylic oxidation sites excluding steroid dienone is 5. The maximum absolute atomic E-state index is 14.2. The molecule has 3 aliphatic rings. The zero-order chi connectivity index (χ0) is 38.1. The minimum atomic E-state index is -1.15. The molecule has 1 fully saturated rings. The molecule has 4 atom stereocenters. The first-order chi connectivity index (χ1) is 25.3. The van der Waals surface area contributed by atoms with Gasteiger partial charge in [0.05, 0.1) is 50.4 Å². The number of ketones is 2. The SMILES string of the molecule is COc1cc(C=C[C@H]2C3=CCn4c(=O)n(CCc5nc6cc(OC)c(OC)cc6n(C)c5=O)c(=O)n4[C@@H]3C[C@H]3C(=O)C(C)=C(C)C(=O)[C@@]23C)ccc1O. The van der Waals surface area contributed by atoms with Crippen molar-refractivity contribution in [1.29, 1.82) is 0 Å². The van der Waals surface area contributed by atoms with Gasteiger partial charge in [0.15, 0.2) is 34.6 Å². The summed E-state index contributed by atoms with van der Waals surface area (Å²) in [7, 11) is 6.07. The van der Waals surface area contributed by atoms with E-state index in [1.807, 2.05) is 25.2 Å². The summed E-state index contributed by atoms with van der Waals surface area (Å²) in [5.74, 6) is -0.521. The first-order valence-electron chi connectivity index (χ1n) is 17.3. The molecule has 1 N–H and O–H groups in total. The van der Waals surface area contributed by atoms with Gasteiger partial charge in [0.2, 0.25) is 0 Å². The lowest BCUT2D eigenvalue weighted by Crippen LogP contribution is -2.56. The number of nitrogens with zero attached hydrogens (tertiary/aromatic N) is 5. The summed E-state index contributed by atoms with van der Waals surface area (Å²) in [5, 5.41) is 10.1. The molecule has 2 aliphatic carbocycles. The number of hydrogen-bond acceptors (Lipinski definition) is 10. The third-order valence-electron chi connectivity index (χ3n) is 11.5. The number of phenols is 1. The molecular weight excluding hydrogens is 682 g/mol. The highest BCUT2D eigenvalue weighted by Crippen LogP contribution is 2.57. The molecule has 3 heterocycles. The van der Waals surface area contributed by atoms with Gasteiger partial charge in [0, 0.05) is 44.0 Å². The van der Waals surface area contributed by atoms with Crippen LogP contribution in [0.15, 0.2) is 73.6 Å². The van der Waals surface area contributed by atoms with Crippen molar-refractivity contribution in [2.75, 3.05) is 21.3 Å². The molecule has 1 aliphatic heterocycles. The van der Waals surface area contributed by atoms with Crippen LogP contribution in [0.1, 0.15) is 44.5 Å². The Labute approximate surface area is 303 Å². The van der Waals surface area contributed by atoms with Crippen molar-refractivity contribution in [2.45, 2.75) is 52.7 Å². The average molecular weight is 724 g/mol. The lowest BCUT2D eigenvalue weighted by Gasteiger charge is -2.52. The van der Waals surface area contributed by atoms with E-state index < -0.39 is 34.7 Å².